The Balaban J connectivity index is 1.80. The number of para-hydroxylation sites is 1. The van der Waals surface area contributed by atoms with Crippen molar-refractivity contribution >= 4 is 16.9 Å². The molecule has 3 rings (SSSR count). The van der Waals surface area contributed by atoms with Crippen LogP contribution in [0.3, 0.4) is 0 Å². The van der Waals surface area contributed by atoms with Crippen molar-refractivity contribution < 1.29 is 18.7 Å². The van der Waals surface area contributed by atoms with Crippen molar-refractivity contribution in [2.24, 2.45) is 0 Å². The minimum absolute atomic E-state index is 0.0323. The number of benzene rings is 1. The van der Waals surface area contributed by atoms with Crippen LogP contribution in [0.25, 0.3) is 10.9 Å². The van der Waals surface area contributed by atoms with E-state index in [9.17, 15) is 4.79 Å². The number of pyridine rings is 1. The van der Waals surface area contributed by atoms with Gasteiger partial charge in [0, 0.05) is 5.39 Å². The quantitative estimate of drug-likeness (QED) is 0.685. The molecule has 6 nitrogen and oxygen atoms in total. The van der Waals surface area contributed by atoms with Crippen molar-refractivity contribution in [3.8, 4) is 11.8 Å². The smallest absolute Gasteiger partial charge is 0.399 e. The molecule has 0 bridgehead atoms. The molecule has 0 aliphatic heterocycles. The zero-order valence-corrected chi connectivity index (χ0v) is 11.3. The van der Waals surface area contributed by atoms with Crippen molar-refractivity contribution in [1.29, 1.82) is 0 Å². The van der Waals surface area contributed by atoms with E-state index in [-0.39, 0.29) is 18.4 Å². The molecule has 1 aromatic carbocycles. The Kier molecular flexibility index (Phi) is 3.51. The van der Waals surface area contributed by atoms with Gasteiger partial charge in [-0.3, -0.25) is 4.98 Å². The molecule has 2 heterocycles. The van der Waals surface area contributed by atoms with E-state index in [4.69, 9.17) is 13.9 Å². The summed E-state index contributed by atoms with van der Waals surface area (Å²) in [6.45, 7) is 1.99. The number of carbonyl (C=O) groups excluding carboxylic acids is 1. The predicted octanol–water partition coefficient (Wildman–Crippen LogP) is 3.19. The van der Waals surface area contributed by atoms with Gasteiger partial charge in [0.25, 0.3) is 0 Å². The molecule has 0 N–H and O–H groups in total. The van der Waals surface area contributed by atoms with E-state index in [1.807, 2.05) is 30.3 Å². The molecule has 6 heteroatoms. The normalized spacial score (nSPS) is 10.5. The first-order valence-corrected chi connectivity index (χ1v) is 6.41. The second-order valence-corrected chi connectivity index (χ2v) is 4.18. The molecule has 0 aliphatic rings. The highest BCUT2D eigenvalue weighted by molar-refractivity contribution is 5.86. The largest absolute Gasteiger partial charge is 0.461 e. The lowest BCUT2D eigenvalue weighted by molar-refractivity contribution is 0.0519. The van der Waals surface area contributed by atoms with Crippen LogP contribution < -0.4 is 4.74 Å². The van der Waals surface area contributed by atoms with E-state index >= 15 is 0 Å². The first-order chi connectivity index (χ1) is 10.3. The lowest BCUT2D eigenvalue weighted by Gasteiger charge is -2.01. The Morgan fingerprint density at radius 1 is 1.33 bits per heavy atom. The summed E-state index contributed by atoms with van der Waals surface area (Å²) < 4.78 is 15.4. The first-order valence-electron chi connectivity index (χ1n) is 6.41. The van der Waals surface area contributed by atoms with Crippen molar-refractivity contribution in [2.75, 3.05) is 6.61 Å². The van der Waals surface area contributed by atoms with Crippen LogP contribution in [0.4, 0.5) is 0 Å². The molecule has 3 aromatic rings. The van der Waals surface area contributed by atoms with Gasteiger partial charge in [0.2, 0.25) is 0 Å². The zero-order chi connectivity index (χ0) is 14.7. The van der Waals surface area contributed by atoms with Gasteiger partial charge in [-0.25, -0.2) is 4.79 Å². The number of aromatic nitrogens is 2. The molecule has 0 radical (unpaired) electrons. The fraction of sp³-hybridized carbons (Fsp3) is 0.133. The van der Waals surface area contributed by atoms with Gasteiger partial charge in [0.15, 0.2) is 11.4 Å². The Morgan fingerprint density at radius 3 is 3.05 bits per heavy atom. The number of hydrogen-bond donors (Lipinski definition) is 0. The summed E-state index contributed by atoms with van der Waals surface area (Å²) in [5.41, 5.74) is 0.935. The number of nitrogens with zero attached hydrogens (tertiary/aromatic N) is 2. The molecule has 0 unspecified atom stereocenters. The SMILES string of the molecule is CCOC(=O)c1coc(Oc2cnc3ccccc3c2)n1. The standard InChI is InChI=1S/C15H12N2O4/c1-2-19-14(18)13-9-20-15(17-13)21-11-7-10-5-3-4-6-12(10)16-8-11/h3-9H,2H2,1H3. The highest BCUT2D eigenvalue weighted by Gasteiger charge is 2.14. The van der Waals surface area contributed by atoms with Crippen LogP contribution in [0.2, 0.25) is 0 Å². The van der Waals surface area contributed by atoms with Gasteiger partial charge in [-0.15, -0.1) is 0 Å². The summed E-state index contributed by atoms with van der Waals surface area (Å²) in [5, 5.41) is 0.937. The molecule has 106 valence electrons. The number of hydrogen-bond acceptors (Lipinski definition) is 6. The van der Waals surface area contributed by atoms with Gasteiger partial charge >= 0.3 is 12.0 Å². The minimum atomic E-state index is -0.548. The van der Waals surface area contributed by atoms with E-state index in [0.717, 1.165) is 10.9 Å². The number of carbonyl (C=O) groups is 1. The van der Waals surface area contributed by atoms with Gasteiger partial charge in [-0.1, -0.05) is 18.2 Å². The maximum absolute atomic E-state index is 11.5. The number of oxazole rings is 1. The lowest BCUT2D eigenvalue weighted by Crippen LogP contribution is -2.04. The van der Waals surface area contributed by atoms with Crippen LogP contribution in [0.5, 0.6) is 11.8 Å². The number of fused-ring (bicyclic) bond motifs is 1. The van der Waals surface area contributed by atoms with Crippen LogP contribution in [-0.4, -0.2) is 22.5 Å². The maximum atomic E-state index is 11.5. The summed E-state index contributed by atoms with van der Waals surface area (Å²) in [6, 6.07) is 9.47. The second-order valence-electron chi connectivity index (χ2n) is 4.18. The molecular weight excluding hydrogens is 272 g/mol. The first kappa shape index (κ1) is 13.1. The van der Waals surface area contributed by atoms with Crippen LogP contribution in [0.1, 0.15) is 17.4 Å². The Bertz CT molecular complexity index is 782. The molecule has 0 aliphatic carbocycles. The molecule has 0 spiro atoms. The average Bonchev–Trinajstić information content (AvgIpc) is 2.96. The van der Waals surface area contributed by atoms with Crippen LogP contribution in [-0.2, 0) is 4.74 Å². The molecule has 0 saturated carbocycles. The lowest BCUT2D eigenvalue weighted by atomic mass is 10.2. The molecule has 2 aromatic heterocycles. The highest BCUT2D eigenvalue weighted by atomic mass is 16.6. The topological polar surface area (TPSA) is 74.5 Å². The third-order valence-electron chi connectivity index (χ3n) is 2.74. The summed E-state index contributed by atoms with van der Waals surface area (Å²) in [4.78, 5) is 19.6. The molecule has 0 atom stereocenters. The second kappa shape index (κ2) is 5.62. The fourth-order valence-electron chi connectivity index (χ4n) is 1.81. The number of esters is 1. The number of ether oxygens (including phenoxy) is 2. The van der Waals surface area contributed by atoms with Crippen LogP contribution in [0.15, 0.2) is 47.2 Å². The van der Waals surface area contributed by atoms with Crippen molar-refractivity contribution in [1.82, 2.24) is 9.97 Å². The minimum Gasteiger partial charge on any atom is -0.461 e. The third kappa shape index (κ3) is 2.84. The van der Waals surface area contributed by atoms with Crippen molar-refractivity contribution in [3.63, 3.8) is 0 Å². The zero-order valence-electron chi connectivity index (χ0n) is 11.3. The predicted molar refractivity (Wildman–Crippen MR) is 74.3 cm³/mol. The van der Waals surface area contributed by atoms with E-state index in [0.29, 0.717) is 5.75 Å². The Morgan fingerprint density at radius 2 is 2.19 bits per heavy atom. The Hall–Kier alpha value is -2.89. The average molecular weight is 284 g/mol. The maximum Gasteiger partial charge on any atom is 0.399 e. The van der Waals surface area contributed by atoms with E-state index < -0.39 is 5.97 Å². The van der Waals surface area contributed by atoms with E-state index in [1.54, 1.807) is 13.1 Å². The van der Waals surface area contributed by atoms with Gasteiger partial charge in [-0.05, 0) is 19.1 Å². The fourth-order valence-corrected chi connectivity index (χ4v) is 1.81. The number of rotatable bonds is 4. The van der Waals surface area contributed by atoms with Gasteiger partial charge in [0.05, 0.1) is 18.3 Å². The van der Waals surface area contributed by atoms with Crippen molar-refractivity contribution in [3.05, 3.63) is 48.5 Å². The van der Waals surface area contributed by atoms with E-state index in [2.05, 4.69) is 9.97 Å². The molecular formula is C15H12N2O4. The third-order valence-corrected chi connectivity index (χ3v) is 2.74. The Labute approximate surface area is 120 Å². The van der Waals surface area contributed by atoms with Gasteiger partial charge in [-0.2, -0.15) is 4.98 Å². The van der Waals surface area contributed by atoms with Crippen LogP contribution >= 0.6 is 0 Å². The summed E-state index contributed by atoms with van der Waals surface area (Å²) in [7, 11) is 0. The highest BCUT2D eigenvalue weighted by Crippen LogP contribution is 2.23. The summed E-state index contributed by atoms with van der Waals surface area (Å²) >= 11 is 0. The van der Waals surface area contributed by atoms with Gasteiger partial charge in [0.1, 0.15) is 6.26 Å². The van der Waals surface area contributed by atoms with Gasteiger partial charge < -0.3 is 13.9 Å². The van der Waals surface area contributed by atoms with E-state index in [1.165, 1.54) is 6.26 Å². The summed E-state index contributed by atoms with van der Waals surface area (Å²) in [6.07, 6.45) is 2.73. The molecule has 0 amide bonds. The molecule has 21 heavy (non-hydrogen) atoms. The van der Waals surface area contributed by atoms with Crippen LogP contribution in [0, 0.1) is 0 Å². The molecule has 0 saturated heterocycles. The summed E-state index contributed by atoms with van der Waals surface area (Å²) in [5.74, 6) is -0.0707. The molecule has 0 fully saturated rings. The van der Waals surface area contributed by atoms with Crippen molar-refractivity contribution in [2.45, 2.75) is 6.92 Å². The monoisotopic (exact) mass is 284 g/mol.